The predicted molar refractivity (Wildman–Crippen MR) is 78.2 cm³/mol. The first kappa shape index (κ1) is 14.8. The van der Waals surface area contributed by atoms with Crippen LogP contribution >= 0.6 is 11.6 Å². The van der Waals surface area contributed by atoms with Crippen molar-refractivity contribution in [3.63, 3.8) is 0 Å². The van der Waals surface area contributed by atoms with Crippen molar-refractivity contribution in [3.05, 3.63) is 52.1 Å². The minimum absolute atomic E-state index is 0.381. The quantitative estimate of drug-likeness (QED) is 0.941. The van der Waals surface area contributed by atoms with Gasteiger partial charge < -0.3 is 9.84 Å². The van der Waals surface area contributed by atoms with Crippen LogP contribution in [0.5, 0.6) is 5.75 Å². The molecule has 0 saturated heterocycles. The highest BCUT2D eigenvalue weighted by atomic mass is 35.5. The second-order valence-electron chi connectivity index (χ2n) is 4.66. The van der Waals surface area contributed by atoms with Gasteiger partial charge in [-0.25, -0.2) is 0 Å². The molecule has 0 saturated carbocycles. The number of aromatic nitrogens is 2. The fraction of sp³-hybridized carbons (Fsp3) is 0.333. The number of methoxy groups -OCH3 is 1. The second kappa shape index (κ2) is 6.20. The summed E-state index contributed by atoms with van der Waals surface area (Å²) in [5.41, 5.74) is 3.37. The number of hydrogen-bond donors (Lipinski definition) is 1. The molecule has 2 heterocycles. The summed E-state index contributed by atoms with van der Waals surface area (Å²) in [7, 11) is 1.63. The van der Waals surface area contributed by atoms with Gasteiger partial charge in [0.25, 0.3) is 0 Å². The molecule has 1 atom stereocenters. The Balaban J connectivity index is 2.29. The molecule has 20 heavy (non-hydrogen) atoms. The van der Waals surface area contributed by atoms with Gasteiger partial charge in [-0.3, -0.25) is 9.97 Å². The number of nitrogens with zero attached hydrogens (tertiary/aromatic N) is 2. The molecule has 2 aromatic rings. The molecule has 0 radical (unpaired) electrons. The van der Waals surface area contributed by atoms with Crippen LogP contribution in [0.25, 0.3) is 0 Å². The van der Waals surface area contributed by atoms with E-state index in [9.17, 15) is 5.11 Å². The van der Waals surface area contributed by atoms with E-state index in [4.69, 9.17) is 16.3 Å². The van der Waals surface area contributed by atoms with Gasteiger partial charge in [0.2, 0.25) is 0 Å². The number of hydrogen-bond acceptors (Lipinski definition) is 4. The first-order chi connectivity index (χ1) is 9.54. The Hall–Kier alpha value is -1.65. The van der Waals surface area contributed by atoms with Crippen LogP contribution in [0.1, 0.15) is 28.5 Å². The Morgan fingerprint density at radius 1 is 1.35 bits per heavy atom. The zero-order chi connectivity index (χ0) is 14.7. The number of rotatable bonds is 4. The number of ether oxygens (including phenoxy) is 1. The first-order valence-corrected chi connectivity index (χ1v) is 6.69. The van der Waals surface area contributed by atoms with E-state index in [0.29, 0.717) is 17.0 Å². The number of pyridine rings is 2. The van der Waals surface area contributed by atoms with E-state index < -0.39 is 6.10 Å². The van der Waals surface area contributed by atoms with Gasteiger partial charge in [-0.1, -0.05) is 11.6 Å². The summed E-state index contributed by atoms with van der Waals surface area (Å²) in [5.74, 6) is 0.808. The van der Waals surface area contributed by atoms with Gasteiger partial charge in [-0.05, 0) is 19.9 Å². The smallest absolute Gasteiger partial charge is 0.128 e. The van der Waals surface area contributed by atoms with Gasteiger partial charge in [-0.2, -0.15) is 0 Å². The molecule has 5 heteroatoms. The van der Waals surface area contributed by atoms with E-state index in [2.05, 4.69) is 9.97 Å². The number of halogens is 1. The standard InChI is InChI=1S/C15H17ClN2O2/c1-9-7-18-13(10(2)15(9)20-3)6-14(19)11-4-5-17-8-12(11)16/h4-5,7-8,14,19H,6H2,1-3H3. The maximum absolute atomic E-state index is 10.3. The molecule has 0 aromatic carbocycles. The first-order valence-electron chi connectivity index (χ1n) is 6.31. The van der Waals surface area contributed by atoms with Gasteiger partial charge in [0.1, 0.15) is 5.75 Å². The van der Waals surface area contributed by atoms with Crippen molar-refractivity contribution in [2.75, 3.05) is 7.11 Å². The Labute approximate surface area is 123 Å². The lowest BCUT2D eigenvalue weighted by atomic mass is 10.0. The maximum atomic E-state index is 10.3. The summed E-state index contributed by atoms with van der Waals surface area (Å²) in [6, 6.07) is 1.72. The van der Waals surface area contributed by atoms with Gasteiger partial charge in [0.05, 0.1) is 18.2 Å². The lowest BCUT2D eigenvalue weighted by Gasteiger charge is -2.16. The highest BCUT2D eigenvalue weighted by Gasteiger charge is 2.16. The Morgan fingerprint density at radius 2 is 2.10 bits per heavy atom. The van der Waals surface area contributed by atoms with Crippen LogP contribution < -0.4 is 4.74 Å². The lowest BCUT2D eigenvalue weighted by Crippen LogP contribution is -2.07. The topological polar surface area (TPSA) is 55.2 Å². The molecule has 4 nitrogen and oxygen atoms in total. The van der Waals surface area contributed by atoms with Crippen molar-refractivity contribution in [1.29, 1.82) is 0 Å². The monoisotopic (exact) mass is 292 g/mol. The summed E-state index contributed by atoms with van der Waals surface area (Å²) >= 11 is 6.04. The van der Waals surface area contributed by atoms with Crippen molar-refractivity contribution in [2.45, 2.75) is 26.4 Å². The molecule has 0 aliphatic rings. The van der Waals surface area contributed by atoms with Crippen LogP contribution in [0.4, 0.5) is 0 Å². The van der Waals surface area contributed by atoms with Gasteiger partial charge >= 0.3 is 0 Å². The number of aliphatic hydroxyl groups is 1. The predicted octanol–water partition coefficient (Wildman–Crippen LogP) is 3.03. The molecular formula is C15H17ClN2O2. The Kier molecular flexibility index (Phi) is 4.57. The molecule has 2 aromatic heterocycles. The summed E-state index contributed by atoms with van der Waals surface area (Å²) in [6.45, 7) is 3.88. The molecule has 0 aliphatic carbocycles. The third-order valence-corrected chi connectivity index (χ3v) is 3.62. The minimum atomic E-state index is -0.718. The van der Waals surface area contributed by atoms with Crippen molar-refractivity contribution in [3.8, 4) is 5.75 Å². The van der Waals surface area contributed by atoms with E-state index in [1.165, 1.54) is 6.20 Å². The van der Waals surface area contributed by atoms with Crippen LogP contribution in [-0.4, -0.2) is 22.2 Å². The molecule has 106 valence electrons. The fourth-order valence-electron chi connectivity index (χ4n) is 2.23. The molecule has 0 spiro atoms. The third-order valence-electron chi connectivity index (χ3n) is 3.30. The van der Waals surface area contributed by atoms with Crippen molar-refractivity contribution in [1.82, 2.24) is 9.97 Å². The van der Waals surface area contributed by atoms with Crippen molar-refractivity contribution in [2.24, 2.45) is 0 Å². The molecular weight excluding hydrogens is 276 g/mol. The van der Waals surface area contributed by atoms with Gasteiger partial charge in [0, 0.05) is 47.4 Å². The fourth-order valence-corrected chi connectivity index (χ4v) is 2.47. The summed E-state index contributed by atoms with van der Waals surface area (Å²) in [6.07, 6.45) is 4.55. The Morgan fingerprint density at radius 3 is 2.75 bits per heavy atom. The van der Waals surface area contributed by atoms with E-state index in [1.54, 1.807) is 25.6 Å². The normalized spacial score (nSPS) is 12.2. The lowest BCUT2D eigenvalue weighted by molar-refractivity contribution is 0.177. The zero-order valence-electron chi connectivity index (χ0n) is 11.7. The van der Waals surface area contributed by atoms with E-state index in [1.807, 2.05) is 13.8 Å². The van der Waals surface area contributed by atoms with Gasteiger partial charge in [-0.15, -0.1) is 0 Å². The molecule has 0 fully saturated rings. The van der Waals surface area contributed by atoms with E-state index in [0.717, 1.165) is 22.6 Å². The van der Waals surface area contributed by atoms with E-state index in [-0.39, 0.29) is 0 Å². The average molecular weight is 293 g/mol. The van der Waals surface area contributed by atoms with Crippen LogP contribution in [0.3, 0.4) is 0 Å². The summed E-state index contributed by atoms with van der Waals surface area (Å²) < 4.78 is 5.37. The van der Waals surface area contributed by atoms with Crippen LogP contribution in [-0.2, 0) is 6.42 Å². The molecule has 0 amide bonds. The average Bonchev–Trinajstić information content (AvgIpc) is 2.43. The van der Waals surface area contributed by atoms with E-state index >= 15 is 0 Å². The maximum Gasteiger partial charge on any atom is 0.128 e. The van der Waals surface area contributed by atoms with Crippen molar-refractivity contribution < 1.29 is 9.84 Å². The number of aliphatic hydroxyl groups excluding tert-OH is 1. The highest BCUT2D eigenvalue weighted by Crippen LogP contribution is 2.29. The molecule has 0 bridgehead atoms. The van der Waals surface area contributed by atoms with Gasteiger partial charge in [0.15, 0.2) is 0 Å². The largest absolute Gasteiger partial charge is 0.496 e. The summed E-state index contributed by atoms with van der Waals surface area (Å²) in [4.78, 5) is 8.30. The molecule has 2 rings (SSSR count). The summed E-state index contributed by atoms with van der Waals surface area (Å²) in [5, 5.41) is 10.8. The molecule has 0 aliphatic heterocycles. The molecule has 1 N–H and O–H groups in total. The van der Waals surface area contributed by atoms with Crippen LogP contribution in [0.2, 0.25) is 5.02 Å². The molecule has 1 unspecified atom stereocenters. The Bertz CT molecular complexity index is 617. The SMILES string of the molecule is COc1c(C)cnc(CC(O)c2ccncc2Cl)c1C. The third kappa shape index (κ3) is 2.92. The van der Waals surface area contributed by atoms with Crippen molar-refractivity contribution >= 4 is 11.6 Å². The zero-order valence-corrected chi connectivity index (χ0v) is 12.5. The number of aryl methyl sites for hydroxylation is 1. The minimum Gasteiger partial charge on any atom is -0.496 e. The second-order valence-corrected chi connectivity index (χ2v) is 5.07. The van der Waals surface area contributed by atoms with Crippen LogP contribution in [0, 0.1) is 13.8 Å². The highest BCUT2D eigenvalue weighted by molar-refractivity contribution is 6.31. The van der Waals surface area contributed by atoms with Crippen LogP contribution in [0.15, 0.2) is 24.7 Å².